The average molecular weight is 858 g/mol. The van der Waals surface area contributed by atoms with Gasteiger partial charge in [0.15, 0.2) is 0 Å². The maximum Gasteiger partial charge on any atom is 0.113 e. The van der Waals surface area contributed by atoms with Crippen LogP contribution in [0.5, 0.6) is 0 Å². The summed E-state index contributed by atoms with van der Waals surface area (Å²) in [6.45, 7) is 5.02. The minimum absolute atomic E-state index is 1.16. The second-order valence-corrected chi connectivity index (χ2v) is 22.4. The van der Waals surface area contributed by atoms with Crippen LogP contribution in [-0.2, 0) is 0 Å². The fourth-order valence-electron chi connectivity index (χ4n) is 10.6. The number of para-hydroxylation sites is 2. The van der Waals surface area contributed by atoms with Gasteiger partial charge < -0.3 is 4.90 Å². The SMILES string of the molecule is C[Si]1(C)c2cc(C=Cc3ccc(-c4cc(-c5ccccc5)c5c6ccccc6c6ccccc6c5c4-c4ccccc4)cc3)ccc2-c2ccc(N(c3ccccc3)c3ccccc3)cc21. The highest BCUT2D eigenvalue weighted by atomic mass is 28.3. The zero-order valence-electron chi connectivity index (χ0n) is 37.1. The maximum atomic E-state index is 2.51. The first-order valence-electron chi connectivity index (χ1n) is 23.0. The van der Waals surface area contributed by atoms with Crippen LogP contribution in [0.25, 0.3) is 89.0 Å². The summed E-state index contributed by atoms with van der Waals surface area (Å²) >= 11 is 0. The smallest absolute Gasteiger partial charge is 0.113 e. The van der Waals surface area contributed by atoms with Gasteiger partial charge in [-0.3, -0.25) is 0 Å². The Labute approximate surface area is 388 Å². The van der Waals surface area contributed by atoms with E-state index in [1.807, 2.05) is 0 Å². The molecule has 0 aromatic heterocycles. The molecule has 0 saturated carbocycles. The van der Waals surface area contributed by atoms with Crippen molar-refractivity contribution in [1.29, 1.82) is 0 Å². The third-order valence-electron chi connectivity index (χ3n) is 13.8. The second kappa shape index (κ2) is 16.2. The summed E-state index contributed by atoms with van der Waals surface area (Å²) in [5.41, 5.74) is 16.0. The van der Waals surface area contributed by atoms with E-state index in [1.54, 1.807) is 0 Å². The van der Waals surface area contributed by atoms with Gasteiger partial charge in [0.2, 0.25) is 0 Å². The topological polar surface area (TPSA) is 3.24 Å². The molecule has 0 bridgehead atoms. The molecule has 11 aromatic carbocycles. The van der Waals surface area contributed by atoms with Crippen LogP contribution in [-0.4, -0.2) is 8.07 Å². The summed E-state index contributed by atoms with van der Waals surface area (Å²) < 4.78 is 0. The Morgan fingerprint density at radius 1 is 0.318 bits per heavy atom. The lowest BCUT2D eigenvalue weighted by atomic mass is 9.81. The highest BCUT2D eigenvalue weighted by Gasteiger charge is 2.38. The number of hydrogen-bond acceptors (Lipinski definition) is 1. The molecule has 1 heterocycles. The Hall–Kier alpha value is -8.04. The van der Waals surface area contributed by atoms with Crippen LogP contribution in [0.4, 0.5) is 17.1 Å². The van der Waals surface area contributed by atoms with Crippen molar-refractivity contribution in [3.63, 3.8) is 0 Å². The van der Waals surface area contributed by atoms with Crippen LogP contribution in [0.2, 0.25) is 13.1 Å². The normalized spacial score (nSPS) is 12.8. The third-order valence-corrected chi connectivity index (χ3v) is 17.3. The van der Waals surface area contributed by atoms with E-state index in [9.17, 15) is 0 Å². The van der Waals surface area contributed by atoms with Crippen LogP contribution in [0, 0.1) is 0 Å². The first-order chi connectivity index (χ1) is 32.5. The average Bonchev–Trinajstić information content (AvgIpc) is 3.61. The molecule has 0 N–H and O–H groups in total. The van der Waals surface area contributed by atoms with E-state index in [2.05, 4.69) is 267 Å². The van der Waals surface area contributed by atoms with Crippen molar-refractivity contribution < 1.29 is 0 Å². The van der Waals surface area contributed by atoms with Gasteiger partial charge in [-0.1, -0.05) is 219 Å². The van der Waals surface area contributed by atoms with Crippen molar-refractivity contribution in [2.24, 2.45) is 0 Å². The molecule has 12 rings (SSSR count). The molecule has 66 heavy (non-hydrogen) atoms. The number of hydrogen-bond donors (Lipinski definition) is 0. The van der Waals surface area contributed by atoms with Gasteiger partial charge in [-0.2, -0.15) is 0 Å². The molecular weight excluding hydrogens is 811 g/mol. The first-order valence-corrected chi connectivity index (χ1v) is 26.0. The Morgan fingerprint density at radius 2 is 0.773 bits per heavy atom. The molecule has 1 aliphatic rings. The van der Waals surface area contributed by atoms with Crippen molar-refractivity contribution in [3.05, 3.63) is 248 Å². The number of fused-ring (bicyclic) bond motifs is 9. The summed E-state index contributed by atoms with van der Waals surface area (Å²) in [6.07, 6.45) is 4.56. The Kier molecular flexibility index (Phi) is 9.70. The zero-order valence-corrected chi connectivity index (χ0v) is 38.1. The molecule has 0 radical (unpaired) electrons. The summed E-state index contributed by atoms with van der Waals surface area (Å²) in [4.78, 5) is 2.38. The van der Waals surface area contributed by atoms with Crippen LogP contribution in [0.15, 0.2) is 237 Å². The monoisotopic (exact) mass is 857 g/mol. The van der Waals surface area contributed by atoms with Crippen LogP contribution < -0.4 is 15.3 Å². The van der Waals surface area contributed by atoms with Crippen molar-refractivity contribution in [2.75, 3.05) is 4.90 Å². The minimum atomic E-state index is -2.02. The first kappa shape index (κ1) is 39.5. The van der Waals surface area contributed by atoms with Gasteiger partial charge >= 0.3 is 0 Å². The Morgan fingerprint density at radius 3 is 1.38 bits per heavy atom. The van der Waals surface area contributed by atoms with Gasteiger partial charge in [-0.05, 0) is 141 Å². The summed E-state index contributed by atoms with van der Waals surface area (Å²) in [6, 6.07) is 87.0. The predicted octanol–water partition coefficient (Wildman–Crippen LogP) is 16.6. The molecular formula is C64H47NSi. The second-order valence-electron chi connectivity index (χ2n) is 18.0. The molecule has 312 valence electrons. The fourth-order valence-corrected chi connectivity index (χ4v) is 13.7. The Balaban J connectivity index is 0.926. The van der Waals surface area contributed by atoms with Gasteiger partial charge in [0.05, 0.1) is 0 Å². The summed E-state index contributed by atoms with van der Waals surface area (Å²) in [5, 5.41) is 10.7. The van der Waals surface area contributed by atoms with Gasteiger partial charge in [-0.25, -0.2) is 0 Å². The van der Waals surface area contributed by atoms with Gasteiger partial charge in [-0.15, -0.1) is 0 Å². The molecule has 2 heteroatoms. The molecule has 0 atom stereocenters. The van der Waals surface area contributed by atoms with Crippen molar-refractivity contribution in [3.8, 4) is 44.5 Å². The van der Waals surface area contributed by atoms with Crippen LogP contribution in [0.1, 0.15) is 11.1 Å². The molecule has 0 fully saturated rings. The molecule has 0 aliphatic carbocycles. The van der Waals surface area contributed by atoms with E-state index in [-0.39, 0.29) is 0 Å². The van der Waals surface area contributed by atoms with Gasteiger partial charge in [0, 0.05) is 17.1 Å². The molecule has 0 amide bonds. The third kappa shape index (κ3) is 6.69. The molecule has 11 aromatic rings. The number of rotatable bonds is 8. The zero-order chi connectivity index (χ0) is 44.2. The van der Waals surface area contributed by atoms with E-state index in [0.29, 0.717) is 0 Å². The van der Waals surface area contributed by atoms with E-state index in [4.69, 9.17) is 0 Å². The van der Waals surface area contributed by atoms with Gasteiger partial charge in [0.1, 0.15) is 8.07 Å². The van der Waals surface area contributed by atoms with E-state index >= 15 is 0 Å². The number of nitrogens with zero attached hydrogens (tertiary/aromatic N) is 1. The van der Waals surface area contributed by atoms with Crippen molar-refractivity contribution in [2.45, 2.75) is 13.1 Å². The molecule has 1 aliphatic heterocycles. The molecule has 0 unspecified atom stereocenters. The van der Waals surface area contributed by atoms with Crippen molar-refractivity contribution >= 4 is 80.0 Å². The quantitative estimate of drug-likeness (QED) is 0.0836. The van der Waals surface area contributed by atoms with E-state index in [0.717, 1.165) is 11.4 Å². The molecule has 0 saturated heterocycles. The largest absolute Gasteiger partial charge is 0.311 e. The fraction of sp³-hybridized carbons (Fsp3) is 0.0312. The molecule has 0 spiro atoms. The van der Waals surface area contributed by atoms with Crippen LogP contribution >= 0.6 is 0 Å². The van der Waals surface area contributed by atoms with Crippen LogP contribution in [0.3, 0.4) is 0 Å². The van der Waals surface area contributed by atoms with Gasteiger partial charge in [0.25, 0.3) is 0 Å². The van der Waals surface area contributed by atoms with E-state index < -0.39 is 8.07 Å². The predicted molar refractivity (Wildman–Crippen MR) is 288 cm³/mol. The standard InChI is InChI=1S/C64H47NSi/c1-66(2)60-41-45(35-39-54(60)55-40-38-51(42-61(55)66)65(49-23-11-5-12-24-49)50-25-13-6-14-26-50)32-31-44-33-36-47(37-34-44)58-43-59(46-19-7-3-8-20-46)63-56-29-17-15-27-52(56)53-28-16-18-30-57(53)64(63)62(58)48-21-9-4-10-22-48/h3-43H,1-2H3. The lowest BCUT2D eigenvalue weighted by Gasteiger charge is -2.27. The number of anilines is 3. The van der Waals surface area contributed by atoms with Crippen molar-refractivity contribution in [1.82, 2.24) is 0 Å². The van der Waals surface area contributed by atoms with E-state index in [1.165, 1.54) is 104 Å². The lowest BCUT2D eigenvalue weighted by Crippen LogP contribution is -2.49. The minimum Gasteiger partial charge on any atom is -0.311 e. The molecule has 1 nitrogen and oxygen atoms in total. The lowest BCUT2D eigenvalue weighted by molar-refractivity contribution is 1.29. The highest BCUT2D eigenvalue weighted by molar-refractivity contribution is 7.03. The maximum absolute atomic E-state index is 2.51. The number of benzene rings is 11. The highest BCUT2D eigenvalue weighted by Crippen LogP contribution is 2.49. The summed E-state index contributed by atoms with van der Waals surface area (Å²) in [7, 11) is -2.02. The summed E-state index contributed by atoms with van der Waals surface area (Å²) in [5.74, 6) is 0. The Bertz CT molecular complexity index is 3590.